The molecule has 0 saturated carbocycles. The Morgan fingerprint density at radius 2 is 1.44 bits per heavy atom. The summed E-state index contributed by atoms with van der Waals surface area (Å²) in [6.45, 7) is 2.99. The Morgan fingerprint density at radius 1 is 0.889 bits per heavy atom. The molecule has 0 radical (unpaired) electrons. The van der Waals surface area contributed by atoms with Crippen molar-refractivity contribution in [1.29, 1.82) is 0 Å². The summed E-state index contributed by atoms with van der Waals surface area (Å²) in [4.78, 5) is 0. The van der Waals surface area contributed by atoms with E-state index in [9.17, 15) is 5.11 Å². The number of aliphatic hydroxyl groups excluding tert-OH is 1. The van der Waals surface area contributed by atoms with E-state index in [4.69, 9.17) is 23.2 Å². The molecule has 0 amide bonds. The SMILES string of the molecule is Cc1ccc(NC[C@@H](O)Cn2c3ccc(Cl)cc3c3cc(Cl)ccc32)cc1. The number of hydrogen-bond donors (Lipinski definition) is 2. The van der Waals surface area contributed by atoms with Crippen LogP contribution in [0, 0.1) is 6.92 Å². The van der Waals surface area contributed by atoms with Crippen LogP contribution in [-0.2, 0) is 6.54 Å². The van der Waals surface area contributed by atoms with Gasteiger partial charge in [0.25, 0.3) is 0 Å². The Bertz CT molecular complexity index is 1040. The van der Waals surface area contributed by atoms with E-state index in [0.717, 1.165) is 27.5 Å². The second-order valence-corrected chi connectivity index (χ2v) is 7.71. The monoisotopic (exact) mass is 398 g/mol. The van der Waals surface area contributed by atoms with Crippen LogP contribution < -0.4 is 5.32 Å². The fourth-order valence-corrected chi connectivity index (χ4v) is 3.77. The predicted octanol–water partition coefficient (Wildman–Crippen LogP) is 5.88. The van der Waals surface area contributed by atoms with Crippen molar-refractivity contribution in [3.05, 3.63) is 76.3 Å². The molecule has 0 unspecified atom stereocenters. The molecule has 0 fully saturated rings. The molecule has 4 aromatic rings. The number of fused-ring (bicyclic) bond motifs is 3. The van der Waals surface area contributed by atoms with E-state index in [-0.39, 0.29) is 0 Å². The fraction of sp³-hybridized carbons (Fsp3) is 0.182. The lowest BCUT2D eigenvalue weighted by atomic mass is 10.1. The van der Waals surface area contributed by atoms with Crippen molar-refractivity contribution in [3.8, 4) is 0 Å². The molecule has 0 bridgehead atoms. The van der Waals surface area contributed by atoms with Gasteiger partial charge in [-0.15, -0.1) is 0 Å². The van der Waals surface area contributed by atoms with Crippen LogP contribution in [0.15, 0.2) is 60.7 Å². The van der Waals surface area contributed by atoms with E-state index in [1.165, 1.54) is 5.56 Å². The Labute approximate surface area is 168 Å². The maximum atomic E-state index is 10.6. The third-order valence-corrected chi connectivity index (χ3v) is 5.25. The third-order valence-electron chi connectivity index (χ3n) is 4.78. The molecule has 1 atom stereocenters. The number of rotatable bonds is 5. The first kappa shape index (κ1) is 18.2. The van der Waals surface area contributed by atoms with Gasteiger partial charge in [-0.2, -0.15) is 0 Å². The Hall–Kier alpha value is -2.20. The number of halogens is 2. The highest BCUT2D eigenvalue weighted by Crippen LogP contribution is 2.33. The Kier molecular flexibility index (Phi) is 5.00. The molecule has 27 heavy (non-hydrogen) atoms. The standard InChI is InChI=1S/C22H20Cl2N2O/c1-14-2-6-17(7-3-14)25-12-18(27)13-26-21-8-4-15(23)10-19(21)20-11-16(24)5-9-22(20)26/h2-11,18,25,27H,12-13H2,1H3/t18-/m1/s1. The van der Waals surface area contributed by atoms with Crippen LogP contribution in [0.25, 0.3) is 21.8 Å². The van der Waals surface area contributed by atoms with Gasteiger partial charge in [0.15, 0.2) is 0 Å². The molecule has 4 rings (SSSR count). The van der Waals surface area contributed by atoms with Crippen LogP contribution in [0.2, 0.25) is 10.0 Å². The molecule has 0 aliphatic carbocycles. The van der Waals surface area contributed by atoms with Gasteiger partial charge in [0.05, 0.1) is 12.6 Å². The van der Waals surface area contributed by atoms with Crippen molar-refractivity contribution in [2.45, 2.75) is 19.6 Å². The van der Waals surface area contributed by atoms with Gasteiger partial charge in [-0.25, -0.2) is 0 Å². The maximum absolute atomic E-state index is 10.6. The largest absolute Gasteiger partial charge is 0.389 e. The molecular weight excluding hydrogens is 379 g/mol. The molecule has 5 heteroatoms. The van der Waals surface area contributed by atoms with Crippen LogP contribution in [0.4, 0.5) is 5.69 Å². The normalized spacial score (nSPS) is 12.6. The number of aryl methyl sites for hydroxylation is 1. The number of benzene rings is 3. The number of nitrogens with zero attached hydrogens (tertiary/aromatic N) is 1. The van der Waals surface area contributed by atoms with Gasteiger partial charge in [-0.05, 0) is 55.5 Å². The van der Waals surface area contributed by atoms with E-state index in [1.807, 2.05) is 48.5 Å². The summed E-state index contributed by atoms with van der Waals surface area (Å²) in [5.41, 5.74) is 4.28. The molecule has 0 aliphatic heterocycles. The van der Waals surface area contributed by atoms with E-state index < -0.39 is 6.10 Å². The summed E-state index contributed by atoms with van der Waals surface area (Å²) < 4.78 is 2.12. The molecule has 2 N–H and O–H groups in total. The highest BCUT2D eigenvalue weighted by Gasteiger charge is 2.14. The van der Waals surface area contributed by atoms with E-state index >= 15 is 0 Å². The van der Waals surface area contributed by atoms with Crippen molar-refractivity contribution >= 4 is 50.7 Å². The third kappa shape index (κ3) is 3.77. The topological polar surface area (TPSA) is 37.2 Å². The summed E-state index contributed by atoms with van der Waals surface area (Å²) in [6, 6.07) is 19.8. The van der Waals surface area contributed by atoms with Gasteiger partial charge in [0.2, 0.25) is 0 Å². The zero-order valence-electron chi connectivity index (χ0n) is 14.9. The van der Waals surface area contributed by atoms with Gasteiger partial charge >= 0.3 is 0 Å². The number of aromatic nitrogens is 1. The van der Waals surface area contributed by atoms with Gasteiger partial charge in [0, 0.05) is 44.1 Å². The molecule has 3 aromatic carbocycles. The van der Waals surface area contributed by atoms with Crippen LogP contribution in [0.1, 0.15) is 5.56 Å². The van der Waals surface area contributed by atoms with Crippen molar-refractivity contribution in [3.63, 3.8) is 0 Å². The fourth-order valence-electron chi connectivity index (χ4n) is 3.43. The van der Waals surface area contributed by atoms with Gasteiger partial charge < -0.3 is 15.0 Å². The van der Waals surface area contributed by atoms with Crippen LogP contribution in [0.5, 0.6) is 0 Å². The van der Waals surface area contributed by atoms with Crippen molar-refractivity contribution in [2.24, 2.45) is 0 Å². The first-order valence-corrected chi connectivity index (χ1v) is 9.62. The molecular formula is C22H20Cl2N2O. The van der Waals surface area contributed by atoms with Crippen molar-refractivity contribution in [2.75, 3.05) is 11.9 Å². The molecule has 1 heterocycles. The molecule has 0 aliphatic rings. The number of nitrogens with one attached hydrogen (secondary N) is 1. The molecule has 3 nitrogen and oxygen atoms in total. The molecule has 1 aromatic heterocycles. The number of aliphatic hydroxyl groups is 1. The van der Waals surface area contributed by atoms with Crippen LogP contribution >= 0.6 is 23.2 Å². The summed E-state index contributed by atoms with van der Waals surface area (Å²) >= 11 is 12.4. The Balaban J connectivity index is 1.63. The summed E-state index contributed by atoms with van der Waals surface area (Å²) in [6.07, 6.45) is -0.545. The molecule has 0 saturated heterocycles. The second-order valence-electron chi connectivity index (χ2n) is 6.83. The summed E-state index contributed by atoms with van der Waals surface area (Å²) in [7, 11) is 0. The zero-order valence-corrected chi connectivity index (χ0v) is 16.4. The minimum atomic E-state index is -0.545. The summed E-state index contributed by atoms with van der Waals surface area (Å²) in [5.74, 6) is 0. The minimum Gasteiger partial charge on any atom is -0.389 e. The number of anilines is 1. The second kappa shape index (κ2) is 7.43. The first-order chi connectivity index (χ1) is 13.0. The van der Waals surface area contributed by atoms with Crippen LogP contribution in [-0.4, -0.2) is 22.3 Å². The van der Waals surface area contributed by atoms with Crippen LogP contribution in [0.3, 0.4) is 0 Å². The maximum Gasteiger partial charge on any atom is 0.0891 e. The summed E-state index contributed by atoms with van der Waals surface area (Å²) in [5, 5.41) is 17.4. The molecule has 0 spiro atoms. The number of hydrogen-bond acceptors (Lipinski definition) is 2. The lowest BCUT2D eigenvalue weighted by Gasteiger charge is -2.16. The smallest absolute Gasteiger partial charge is 0.0891 e. The van der Waals surface area contributed by atoms with Crippen molar-refractivity contribution in [1.82, 2.24) is 4.57 Å². The minimum absolute atomic E-state index is 0.464. The van der Waals surface area contributed by atoms with Gasteiger partial charge in [-0.1, -0.05) is 40.9 Å². The van der Waals surface area contributed by atoms with E-state index in [2.05, 4.69) is 28.9 Å². The Morgan fingerprint density at radius 3 is 2.00 bits per heavy atom. The average molecular weight is 399 g/mol. The molecule has 138 valence electrons. The average Bonchev–Trinajstić information content (AvgIpc) is 2.94. The highest BCUT2D eigenvalue weighted by molar-refractivity contribution is 6.33. The highest BCUT2D eigenvalue weighted by atomic mass is 35.5. The first-order valence-electron chi connectivity index (χ1n) is 8.87. The van der Waals surface area contributed by atoms with E-state index in [1.54, 1.807) is 0 Å². The lowest BCUT2D eigenvalue weighted by Crippen LogP contribution is -2.24. The van der Waals surface area contributed by atoms with Gasteiger partial charge in [0.1, 0.15) is 0 Å². The van der Waals surface area contributed by atoms with E-state index in [0.29, 0.717) is 23.1 Å². The van der Waals surface area contributed by atoms with Crippen molar-refractivity contribution < 1.29 is 5.11 Å². The zero-order chi connectivity index (χ0) is 19.0. The van der Waals surface area contributed by atoms with Gasteiger partial charge in [-0.3, -0.25) is 0 Å². The predicted molar refractivity (Wildman–Crippen MR) is 115 cm³/mol. The quantitative estimate of drug-likeness (QED) is 0.440. The lowest BCUT2D eigenvalue weighted by molar-refractivity contribution is 0.169.